The molecule has 0 N–H and O–H groups in total. The van der Waals surface area contributed by atoms with Crippen molar-refractivity contribution >= 4 is 31.5 Å². The Labute approximate surface area is 330 Å². The highest BCUT2D eigenvalue weighted by atomic mass is 32.1. The molecule has 0 aliphatic heterocycles. The zero-order valence-corrected chi connectivity index (χ0v) is 31.2. The first-order valence-corrected chi connectivity index (χ1v) is 19.9. The smallest absolute Gasteiger partial charge is 0.160 e. The molecule has 2 heterocycles. The van der Waals surface area contributed by atoms with Crippen LogP contribution in [-0.2, 0) is 5.41 Å². The Balaban J connectivity index is 1.20. The van der Waals surface area contributed by atoms with Gasteiger partial charge in [0.2, 0.25) is 0 Å². The van der Waals surface area contributed by atoms with Crippen molar-refractivity contribution in [3.63, 3.8) is 0 Å². The normalized spacial score (nSPS) is 12.8. The van der Waals surface area contributed by atoms with Crippen LogP contribution in [-0.4, -0.2) is 9.97 Å². The highest BCUT2D eigenvalue weighted by Crippen LogP contribution is 2.59. The van der Waals surface area contributed by atoms with E-state index in [4.69, 9.17) is 9.97 Å². The van der Waals surface area contributed by atoms with Crippen LogP contribution in [0.1, 0.15) is 22.3 Å². The first-order valence-electron chi connectivity index (χ1n) is 19.1. The van der Waals surface area contributed by atoms with Crippen LogP contribution in [0.4, 0.5) is 0 Å². The largest absolute Gasteiger partial charge is 0.228 e. The third-order valence-electron chi connectivity index (χ3n) is 11.4. The second kappa shape index (κ2) is 13.1. The lowest BCUT2D eigenvalue weighted by atomic mass is 9.67. The van der Waals surface area contributed by atoms with Gasteiger partial charge in [0.15, 0.2) is 5.82 Å². The minimum atomic E-state index is -0.561. The van der Waals surface area contributed by atoms with Crippen LogP contribution in [0.3, 0.4) is 0 Å². The third-order valence-corrected chi connectivity index (χ3v) is 12.6. The Bertz CT molecular complexity index is 3020. The summed E-state index contributed by atoms with van der Waals surface area (Å²) in [4.78, 5) is 10.6. The molecule has 0 fully saturated rings. The van der Waals surface area contributed by atoms with Gasteiger partial charge in [-0.2, -0.15) is 0 Å². The molecular formula is C53H34N2S. The van der Waals surface area contributed by atoms with Crippen molar-refractivity contribution in [1.29, 1.82) is 0 Å². The number of benzene rings is 8. The van der Waals surface area contributed by atoms with Crippen LogP contribution in [0, 0.1) is 0 Å². The molecule has 0 bridgehead atoms. The van der Waals surface area contributed by atoms with E-state index in [0.29, 0.717) is 5.82 Å². The van der Waals surface area contributed by atoms with Gasteiger partial charge in [-0.15, -0.1) is 11.3 Å². The van der Waals surface area contributed by atoms with Gasteiger partial charge in [-0.3, -0.25) is 0 Å². The molecule has 262 valence electrons. The van der Waals surface area contributed by atoms with Crippen LogP contribution >= 0.6 is 11.3 Å². The van der Waals surface area contributed by atoms with E-state index < -0.39 is 5.41 Å². The molecule has 56 heavy (non-hydrogen) atoms. The summed E-state index contributed by atoms with van der Waals surface area (Å²) in [5.74, 6) is 0.712. The van der Waals surface area contributed by atoms with E-state index in [1.807, 2.05) is 17.4 Å². The van der Waals surface area contributed by atoms with Gasteiger partial charge in [0.05, 0.1) is 16.8 Å². The van der Waals surface area contributed by atoms with Crippen molar-refractivity contribution in [3.8, 4) is 56.2 Å². The lowest BCUT2D eigenvalue weighted by Crippen LogP contribution is -2.28. The van der Waals surface area contributed by atoms with Gasteiger partial charge in [-0.05, 0) is 62.7 Å². The lowest BCUT2D eigenvalue weighted by molar-refractivity contribution is 0.769. The highest BCUT2D eigenvalue weighted by molar-refractivity contribution is 7.26. The fourth-order valence-electron chi connectivity index (χ4n) is 8.95. The standard InChI is InChI=1S/C53H34N2S/c1-5-17-35(18-6-1)40-26-16-29-45-50(40)43-32-31-37(33-46(43)53(45,38-21-9-3-10-22-38)39-23-11-4-12-24-39)47-34-48(55-52(54-47)36-19-7-2-8-20-36)44-28-15-27-42-41-25-13-14-30-49(41)56-51(42)44/h1-34H. The van der Waals surface area contributed by atoms with E-state index >= 15 is 0 Å². The molecule has 0 spiro atoms. The Morgan fingerprint density at radius 1 is 0.375 bits per heavy atom. The molecule has 0 saturated heterocycles. The Morgan fingerprint density at radius 2 is 0.964 bits per heavy atom. The summed E-state index contributed by atoms with van der Waals surface area (Å²) in [5, 5.41) is 2.53. The van der Waals surface area contributed by atoms with Gasteiger partial charge in [-0.1, -0.05) is 188 Å². The minimum Gasteiger partial charge on any atom is -0.228 e. The topological polar surface area (TPSA) is 25.8 Å². The van der Waals surface area contributed by atoms with E-state index in [9.17, 15) is 0 Å². The van der Waals surface area contributed by atoms with Crippen molar-refractivity contribution in [2.75, 3.05) is 0 Å². The average molecular weight is 731 g/mol. The molecule has 11 rings (SSSR count). The van der Waals surface area contributed by atoms with Crippen molar-refractivity contribution < 1.29 is 0 Å². The maximum atomic E-state index is 5.35. The summed E-state index contributed by atoms with van der Waals surface area (Å²) in [6.45, 7) is 0. The van der Waals surface area contributed by atoms with Crippen LogP contribution in [0.5, 0.6) is 0 Å². The molecule has 0 atom stereocenters. The van der Waals surface area contributed by atoms with Crippen LogP contribution in [0.25, 0.3) is 76.3 Å². The number of aromatic nitrogens is 2. The first kappa shape index (κ1) is 32.5. The number of hydrogen-bond acceptors (Lipinski definition) is 3. The average Bonchev–Trinajstić information content (AvgIpc) is 3.81. The predicted octanol–water partition coefficient (Wildman–Crippen LogP) is 13.9. The molecule has 10 aromatic rings. The van der Waals surface area contributed by atoms with Gasteiger partial charge in [0.1, 0.15) is 0 Å². The molecule has 1 aliphatic rings. The summed E-state index contributed by atoms with van der Waals surface area (Å²) in [7, 11) is 0. The summed E-state index contributed by atoms with van der Waals surface area (Å²) in [5.41, 5.74) is 14.4. The minimum absolute atomic E-state index is 0.561. The number of thiophene rings is 1. The van der Waals surface area contributed by atoms with Gasteiger partial charge in [0.25, 0.3) is 0 Å². The molecular weight excluding hydrogens is 697 g/mol. The summed E-state index contributed by atoms with van der Waals surface area (Å²) in [6.07, 6.45) is 0. The molecule has 3 heteroatoms. The first-order chi connectivity index (χ1) is 27.8. The quantitative estimate of drug-likeness (QED) is 0.170. The summed E-state index contributed by atoms with van der Waals surface area (Å²) in [6, 6.07) is 74.5. The van der Waals surface area contributed by atoms with E-state index in [1.54, 1.807) is 0 Å². The van der Waals surface area contributed by atoms with Gasteiger partial charge < -0.3 is 0 Å². The summed E-state index contributed by atoms with van der Waals surface area (Å²) < 4.78 is 2.51. The monoisotopic (exact) mass is 730 g/mol. The molecule has 2 aromatic heterocycles. The van der Waals surface area contributed by atoms with Crippen molar-refractivity contribution in [2.24, 2.45) is 0 Å². The maximum absolute atomic E-state index is 5.35. The molecule has 0 amide bonds. The van der Waals surface area contributed by atoms with Gasteiger partial charge in [0, 0.05) is 36.9 Å². The molecule has 0 radical (unpaired) electrons. The van der Waals surface area contributed by atoms with Gasteiger partial charge >= 0.3 is 0 Å². The fraction of sp³-hybridized carbons (Fsp3) is 0.0189. The van der Waals surface area contributed by atoms with E-state index in [2.05, 4.69) is 200 Å². The molecule has 2 nitrogen and oxygen atoms in total. The predicted molar refractivity (Wildman–Crippen MR) is 234 cm³/mol. The Morgan fingerprint density at radius 3 is 1.70 bits per heavy atom. The zero-order valence-electron chi connectivity index (χ0n) is 30.4. The SMILES string of the molecule is c1ccc(-c2nc(-c3ccc4c(c3)C(c3ccccc3)(c3ccccc3)c3cccc(-c5ccccc5)c3-4)cc(-c3cccc4c3sc3ccccc34)n2)cc1. The van der Waals surface area contributed by atoms with Crippen molar-refractivity contribution in [3.05, 3.63) is 229 Å². The molecule has 8 aromatic carbocycles. The number of rotatable bonds is 6. The van der Waals surface area contributed by atoms with Crippen molar-refractivity contribution in [2.45, 2.75) is 5.41 Å². The summed E-state index contributed by atoms with van der Waals surface area (Å²) >= 11 is 1.83. The molecule has 1 aliphatic carbocycles. The Kier molecular flexibility index (Phi) is 7.61. The number of hydrogen-bond donors (Lipinski definition) is 0. The second-order valence-corrected chi connectivity index (χ2v) is 15.5. The maximum Gasteiger partial charge on any atom is 0.160 e. The van der Waals surface area contributed by atoms with E-state index in [-0.39, 0.29) is 0 Å². The van der Waals surface area contributed by atoms with Crippen LogP contribution in [0.2, 0.25) is 0 Å². The second-order valence-electron chi connectivity index (χ2n) is 14.4. The molecule has 0 saturated carbocycles. The van der Waals surface area contributed by atoms with Crippen LogP contribution in [0.15, 0.2) is 206 Å². The third kappa shape index (κ3) is 5.02. The fourth-order valence-corrected chi connectivity index (χ4v) is 10.2. The van der Waals surface area contributed by atoms with Crippen molar-refractivity contribution in [1.82, 2.24) is 9.97 Å². The van der Waals surface area contributed by atoms with Crippen LogP contribution < -0.4 is 0 Å². The zero-order chi connectivity index (χ0) is 37.1. The van der Waals surface area contributed by atoms with Gasteiger partial charge in [-0.25, -0.2) is 9.97 Å². The number of fused-ring (bicyclic) bond motifs is 6. The number of nitrogens with zero attached hydrogens (tertiary/aromatic N) is 2. The molecule has 0 unspecified atom stereocenters. The lowest BCUT2D eigenvalue weighted by Gasteiger charge is -2.34. The van der Waals surface area contributed by atoms with E-state index in [0.717, 1.165) is 28.1 Å². The van der Waals surface area contributed by atoms with E-state index in [1.165, 1.54) is 64.7 Å². The highest BCUT2D eigenvalue weighted by Gasteiger charge is 2.47. The Hall–Kier alpha value is -6.94.